The average Bonchev–Trinajstić information content (AvgIpc) is 3.63. The van der Waals surface area contributed by atoms with E-state index in [-0.39, 0.29) is 48.6 Å². The molecule has 0 spiro atoms. The van der Waals surface area contributed by atoms with Crippen molar-refractivity contribution in [2.75, 3.05) is 25.0 Å². The van der Waals surface area contributed by atoms with Crippen LogP contribution in [0.1, 0.15) is 18.4 Å². The van der Waals surface area contributed by atoms with Gasteiger partial charge >= 0.3 is 0 Å². The summed E-state index contributed by atoms with van der Waals surface area (Å²) in [7, 11) is 0. The van der Waals surface area contributed by atoms with Gasteiger partial charge in [0.05, 0.1) is 4.91 Å². The molecule has 2 aliphatic rings. The minimum Gasteiger partial charge on any atom is -0.484 e. The number of nitrogens with zero attached hydrogens (tertiary/aromatic N) is 1. The van der Waals surface area contributed by atoms with Crippen LogP contribution in [0, 0.1) is 5.92 Å². The van der Waals surface area contributed by atoms with E-state index in [0.29, 0.717) is 16.3 Å². The summed E-state index contributed by atoms with van der Waals surface area (Å²) in [5.41, 5.74) is 1.46. The molecule has 0 aromatic heterocycles. The summed E-state index contributed by atoms with van der Waals surface area (Å²) in [5.74, 6) is -0.205. The molecule has 1 aliphatic heterocycles. The molecule has 2 aromatic rings. The Morgan fingerprint density at radius 1 is 1.09 bits per heavy atom. The lowest BCUT2D eigenvalue weighted by Crippen LogP contribution is -2.38. The molecule has 2 fully saturated rings. The zero-order valence-electron chi connectivity index (χ0n) is 17.8. The van der Waals surface area contributed by atoms with Crippen LogP contribution in [0.3, 0.4) is 0 Å². The number of hydrogen-bond acceptors (Lipinski definition) is 6. The number of imide groups is 1. The van der Waals surface area contributed by atoms with Crippen molar-refractivity contribution in [1.29, 1.82) is 0 Å². The van der Waals surface area contributed by atoms with Gasteiger partial charge in [0.1, 0.15) is 5.75 Å². The second-order valence-corrected chi connectivity index (χ2v) is 8.67. The molecule has 1 aliphatic carbocycles. The van der Waals surface area contributed by atoms with E-state index in [1.807, 2.05) is 30.3 Å². The van der Waals surface area contributed by atoms with Gasteiger partial charge in [-0.3, -0.25) is 24.1 Å². The molecule has 170 valence electrons. The van der Waals surface area contributed by atoms with E-state index in [9.17, 15) is 19.2 Å². The van der Waals surface area contributed by atoms with E-state index >= 15 is 0 Å². The Labute approximate surface area is 195 Å². The number of anilines is 1. The Morgan fingerprint density at radius 2 is 1.88 bits per heavy atom. The largest absolute Gasteiger partial charge is 0.484 e. The third-order valence-corrected chi connectivity index (χ3v) is 5.96. The quantitative estimate of drug-likeness (QED) is 0.551. The lowest BCUT2D eigenvalue weighted by Gasteiger charge is -2.13. The van der Waals surface area contributed by atoms with Crippen LogP contribution in [-0.2, 0) is 14.4 Å². The number of carbonyl (C=O) groups excluding carboxylic acids is 4. The number of hydrogen-bond donors (Lipinski definition) is 2. The average molecular weight is 466 g/mol. The maximum Gasteiger partial charge on any atom is 0.293 e. The summed E-state index contributed by atoms with van der Waals surface area (Å²) in [6.07, 6.45) is 3.51. The monoisotopic (exact) mass is 465 g/mol. The summed E-state index contributed by atoms with van der Waals surface area (Å²) in [5, 5.41) is 5.11. The first-order valence-corrected chi connectivity index (χ1v) is 11.4. The molecule has 4 rings (SSSR count). The fraction of sp³-hybridized carbons (Fsp3) is 0.250. The van der Waals surface area contributed by atoms with Gasteiger partial charge in [-0.15, -0.1) is 0 Å². The third-order valence-electron chi connectivity index (χ3n) is 5.05. The van der Waals surface area contributed by atoms with Gasteiger partial charge in [0.25, 0.3) is 17.1 Å². The highest BCUT2D eigenvalue weighted by molar-refractivity contribution is 8.18. The molecule has 0 atom stereocenters. The highest BCUT2D eigenvalue weighted by atomic mass is 32.2. The highest BCUT2D eigenvalue weighted by Crippen LogP contribution is 2.32. The summed E-state index contributed by atoms with van der Waals surface area (Å²) in [6.45, 7) is -0.0304. The van der Waals surface area contributed by atoms with E-state index in [0.717, 1.165) is 35.1 Å². The molecule has 2 aromatic carbocycles. The Kier molecular flexibility index (Phi) is 7.09. The topological polar surface area (TPSA) is 105 Å². The molecule has 2 N–H and O–H groups in total. The number of benzene rings is 2. The van der Waals surface area contributed by atoms with Gasteiger partial charge in [0.2, 0.25) is 5.91 Å². The second-order valence-electron chi connectivity index (χ2n) is 7.67. The van der Waals surface area contributed by atoms with E-state index in [1.165, 1.54) is 0 Å². The first kappa shape index (κ1) is 22.6. The van der Waals surface area contributed by atoms with E-state index in [4.69, 9.17) is 4.74 Å². The van der Waals surface area contributed by atoms with Crippen LogP contribution in [0.5, 0.6) is 5.75 Å². The molecule has 8 nitrogen and oxygen atoms in total. The second kappa shape index (κ2) is 10.4. The van der Waals surface area contributed by atoms with Crippen LogP contribution in [0.15, 0.2) is 59.5 Å². The van der Waals surface area contributed by atoms with Crippen molar-refractivity contribution in [3.8, 4) is 5.75 Å². The van der Waals surface area contributed by atoms with Crippen molar-refractivity contribution in [2.24, 2.45) is 5.92 Å². The Bertz CT molecular complexity index is 1100. The van der Waals surface area contributed by atoms with Crippen molar-refractivity contribution in [1.82, 2.24) is 10.2 Å². The fourth-order valence-electron chi connectivity index (χ4n) is 3.15. The molecule has 1 saturated heterocycles. The van der Waals surface area contributed by atoms with Crippen LogP contribution in [0.2, 0.25) is 0 Å². The van der Waals surface area contributed by atoms with Crippen LogP contribution in [0.25, 0.3) is 6.08 Å². The smallest absolute Gasteiger partial charge is 0.293 e. The molecule has 0 bridgehead atoms. The van der Waals surface area contributed by atoms with Gasteiger partial charge in [0, 0.05) is 30.8 Å². The highest BCUT2D eigenvalue weighted by Gasteiger charge is 2.34. The normalized spacial score (nSPS) is 16.7. The number of thioether (sulfide) groups is 1. The molecule has 1 heterocycles. The van der Waals surface area contributed by atoms with Crippen molar-refractivity contribution >= 4 is 46.5 Å². The number of carbonyl (C=O) groups is 4. The van der Waals surface area contributed by atoms with Gasteiger partial charge in [-0.05, 0) is 48.4 Å². The van der Waals surface area contributed by atoms with Gasteiger partial charge in [0.15, 0.2) is 6.61 Å². The minimum absolute atomic E-state index is 0.00386. The van der Waals surface area contributed by atoms with Crippen LogP contribution in [-0.4, -0.2) is 47.6 Å². The van der Waals surface area contributed by atoms with Gasteiger partial charge in [-0.1, -0.05) is 36.4 Å². The summed E-state index contributed by atoms with van der Waals surface area (Å²) < 4.78 is 5.49. The number of nitrogens with one attached hydrogen (secondary N) is 2. The first-order chi connectivity index (χ1) is 16.0. The minimum atomic E-state index is -0.380. The van der Waals surface area contributed by atoms with Gasteiger partial charge in [-0.2, -0.15) is 0 Å². The summed E-state index contributed by atoms with van der Waals surface area (Å²) >= 11 is 0.885. The fourth-order valence-corrected chi connectivity index (χ4v) is 4.02. The van der Waals surface area contributed by atoms with Crippen molar-refractivity contribution in [2.45, 2.75) is 12.8 Å². The van der Waals surface area contributed by atoms with Crippen LogP contribution < -0.4 is 15.4 Å². The number of ether oxygens (including phenoxy) is 1. The lowest BCUT2D eigenvalue weighted by molar-refractivity contribution is -0.125. The molecule has 0 unspecified atom stereocenters. The Morgan fingerprint density at radius 3 is 2.64 bits per heavy atom. The SMILES string of the molecule is O=C(COc1cccc(NC(=O)C2CC2)c1)NCCN1C(=O)S/C(=C\c2ccccc2)C1=O. The van der Waals surface area contributed by atoms with Crippen LogP contribution >= 0.6 is 11.8 Å². The summed E-state index contributed by atoms with van der Waals surface area (Å²) in [6, 6.07) is 16.1. The zero-order chi connectivity index (χ0) is 23.2. The van der Waals surface area contributed by atoms with E-state index in [1.54, 1.807) is 30.3 Å². The van der Waals surface area contributed by atoms with Gasteiger partial charge in [-0.25, -0.2) is 0 Å². The molecule has 0 radical (unpaired) electrons. The van der Waals surface area contributed by atoms with E-state index in [2.05, 4.69) is 10.6 Å². The standard InChI is InChI=1S/C24H23N3O5S/c28-21(15-32-19-8-4-7-18(14-19)26-22(29)17-9-10-17)25-11-12-27-23(30)20(33-24(27)31)13-16-5-2-1-3-6-16/h1-8,13-14,17H,9-12,15H2,(H,25,28)(H,26,29)/b20-13-. The first-order valence-electron chi connectivity index (χ1n) is 10.6. The van der Waals surface area contributed by atoms with Crippen molar-refractivity contribution in [3.63, 3.8) is 0 Å². The van der Waals surface area contributed by atoms with Gasteiger partial charge < -0.3 is 15.4 Å². The molecule has 1 saturated carbocycles. The molecule has 33 heavy (non-hydrogen) atoms. The summed E-state index contributed by atoms with van der Waals surface area (Å²) in [4.78, 5) is 50.1. The Hall–Kier alpha value is -3.59. The van der Waals surface area contributed by atoms with E-state index < -0.39 is 0 Å². The molecular formula is C24H23N3O5S. The third kappa shape index (κ3) is 6.23. The predicted molar refractivity (Wildman–Crippen MR) is 125 cm³/mol. The number of rotatable bonds is 9. The Balaban J connectivity index is 1.21. The van der Waals surface area contributed by atoms with Crippen molar-refractivity contribution < 1.29 is 23.9 Å². The zero-order valence-corrected chi connectivity index (χ0v) is 18.6. The molecule has 9 heteroatoms. The molecular weight excluding hydrogens is 442 g/mol. The lowest BCUT2D eigenvalue weighted by atomic mass is 10.2. The van der Waals surface area contributed by atoms with Crippen molar-refractivity contribution in [3.05, 3.63) is 65.1 Å². The molecule has 4 amide bonds. The maximum atomic E-state index is 12.5. The maximum absolute atomic E-state index is 12.5. The van der Waals surface area contributed by atoms with Crippen LogP contribution in [0.4, 0.5) is 10.5 Å². The predicted octanol–water partition coefficient (Wildman–Crippen LogP) is 3.27. The number of amides is 4.